The number of hydrazine groups is 2. The van der Waals surface area contributed by atoms with Gasteiger partial charge in [-0.2, -0.15) is 0 Å². The van der Waals surface area contributed by atoms with Crippen molar-refractivity contribution in [3.8, 4) is 0 Å². The molecule has 23 heteroatoms. The first-order valence-electron chi connectivity index (χ1n) is 35.7. The van der Waals surface area contributed by atoms with E-state index in [1.165, 1.54) is 31.2 Å². The van der Waals surface area contributed by atoms with Crippen LogP contribution in [0.4, 0.5) is 8.78 Å². The lowest BCUT2D eigenvalue weighted by Crippen LogP contribution is -2.67. The molecule has 2 aromatic carbocycles. The zero-order chi connectivity index (χ0) is 68.1. The third kappa shape index (κ3) is 16.7. The summed E-state index contributed by atoms with van der Waals surface area (Å²) in [6.07, 6.45) is 1.78. The molecule has 11 unspecified atom stereocenters. The number of likely N-dealkylation sites (tertiary alicyclic amines) is 1. The summed E-state index contributed by atoms with van der Waals surface area (Å²) in [6, 6.07) is 10.8. The monoisotopic (exact) mass is 1340 g/mol. The van der Waals surface area contributed by atoms with Gasteiger partial charge in [0.1, 0.15) is 65.9 Å². The zero-order valence-electron chi connectivity index (χ0n) is 56.1. The largest absolute Gasteiger partial charge is 0.394 e. The third-order valence-electron chi connectivity index (χ3n) is 22.5. The van der Waals surface area contributed by atoms with Crippen molar-refractivity contribution in [3.63, 3.8) is 0 Å². The molecule has 96 heavy (non-hydrogen) atoms. The average molecular weight is 1340 g/mol. The van der Waals surface area contributed by atoms with Gasteiger partial charge in [-0.1, -0.05) is 102 Å². The summed E-state index contributed by atoms with van der Waals surface area (Å²) in [6.45, 7) is 9.18. The Kier molecular flexibility index (Phi) is 24.4. The molecule has 4 saturated carbocycles. The highest BCUT2D eigenvalue weighted by molar-refractivity contribution is 5.83. The Morgan fingerprint density at radius 1 is 0.729 bits per heavy atom. The van der Waals surface area contributed by atoms with Crippen LogP contribution >= 0.6 is 0 Å². The molecule has 7 fully saturated rings. The molecule has 2 amide bonds. The van der Waals surface area contributed by atoms with Crippen molar-refractivity contribution in [1.82, 2.24) is 26.2 Å². The lowest BCUT2D eigenvalue weighted by atomic mass is 9.70. The molecule has 3 saturated heterocycles. The maximum Gasteiger partial charge on any atom is 0.251 e. The fourth-order valence-corrected chi connectivity index (χ4v) is 16.7. The van der Waals surface area contributed by atoms with Gasteiger partial charge in [0.15, 0.2) is 12.6 Å². The molecule has 11 rings (SSSR count). The number of aliphatic hydroxyl groups is 6. The number of hydrogen-bond acceptors (Lipinski definition) is 19. The molecule has 24 atom stereocenters. The summed E-state index contributed by atoms with van der Waals surface area (Å²) >= 11 is 0. The molecule has 2 aromatic rings. The molecule has 21 nitrogen and oxygen atoms in total. The average Bonchev–Trinajstić information content (AvgIpc) is 1.19. The Bertz CT molecular complexity index is 3080. The van der Waals surface area contributed by atoms with E-state index in [2.05, 4.69) is 16.3 Å². The van der Waals surface area contributed by atoms with Crippen LogP contribution in [-0.4, -0.2) is 188 Å². The minimum absolute atomic E-state index is 0.000767. The minimum atomic E-state index is -1.50. The second kappa shape index (κ2) is 32.5. The highest BCUT2D eigenvalue weighted by Crippen LogP contribution is 2.45. The van der Waals surface area contributed by atoms with Gasteiger partial charge in [0, 0.05) is 68.3 Å². The molecule has 0 radical (unpaired) electrons. The zero-order valence-corrected chi connectivity index (χ0v) is 56.1. The Balaban J connectivity index is 0.789. The van der Waals surface area contributed by atoms with E-state index in [0.29, 0.717) is 81.3 Å². The van der Waals surface area contributed by atoms with Gasteiger partial charge >= 0.3 is 0 Å². The fraction of sp³-hybridized carbons (Fsp3) is 0.699. The number of ether oxygens (including phenoxy) is 6. The Labute approximate surface area is 562 Å². The van der Waals surface area contributed by atoms with Crippen LogP contribution in [0.25, 0.3) is 11.3 Å². The number of amides is 2. The molecule has 4 aliphatic heterocycles. The van der Waals surface area contributed by atoms with E-state index in [-0.39, 0.29) is 78.5 Å². The quantitative estimate of drug-likeness (QED) is 0.0467. The van der Waals surface area contributed by atoms with E-state index in [9.17, 15) is 58.6 Å². The SMILES string of the molecule is CCC1CC(C(=O)CCCCC(=O)C2CC(C3C=CC(c4cccc(F)c4)=C3)C(O)[C@H](O[C@@H]3CC[C@H](C)C(N4C=C(c5cccc(F)c5)NN4)[C@@H]3O)C2)C[C@@H](O[C@@H]2OC(CO)[C@@H](O)[C@H](O[C@@H](CC3CCCCC3)C(=O)N3CCC3)C2NC(C)=O)[C@H]1O[C@@H]1OC(C)[C@@H](O)C(O)[C@@H]1C. The molecule has 5 aliphatic carbocycles. The van der Waals surface area contributed by atoms with Crippen LogP contribution in [0.15, 0.2) is 73.0 Å². The number of carbonyl (C=O) groups excluding carboxylic acids is 4. The Morgan fingerprint density at radius 3 is 2.08 bits per heavy atom. The minimum Gasteiger partial charge on any atom is -0.394 e. The van der Waals surface area contributed by atoms with Gasteiger partial charge in [-0.3, -0.25) is 24.2 Å². The molecule has 0 bridgehead atoms. The highest BCUT2D eigenvalue weighted by atomic mass is 19.1. The van der Waals surface area contributed by atoms with Gasteiger partial charge in [-0.25, -0.2) is 8.78 Å². The number of aliphatic hydroxyl groups excluding tert-OH is 6. The second-order valence-electron chi connectivity index (χ2n) is 29.1. The van der Waals surface area contributed by atoms with E-state index >= 15 is 0 Å². The van der Waals surface area contributed by atoms with Gasteiger partial charge in [-0.05, 0) is 130 Å². The number of Topliss-reactive ketones (excluding diaryl/α,β-unsaturated/α-hetero) is 2. The van der Waals surface area contributed by atoms with Crippen molar-refractivity contribution < 1.29 is 87.0 Å². The van der Waals surface area contributed by atoms with Gasteiger partial charge in [0.25, 0.3) is 5.91 Å². The second-order valence-corrected chi connectivity index (χ2v) is 29.1. The summed E-state index contributed by atoms with van der Waals surface area (Å²) in [5.74, 6) is -4.30. The normalized spacial score (nSPS) is 37.7. The van der Waals surface area contributed by atoms with E-state index in [4.69, 9.17) is 28.4 Å². The van der Waals surface area contributed by atoms with Crippen molar-refractivity contribution in [2.45, 2.75) is 254 Å². The topological polar surface area (TPSA) is 288 Å². The van der Waals surface area contributed by atoms with Gasteiger partial charge in [0.2, 0.25) is 5.91 Å². The Hall–Kier alpha value is -5.12. The molecule has 0 aromatic heterocycles. The maximum atomic E-state index is 14.8. The number of halogens is 2. The Morgan fingerprint density at radius 2 is 1.42 bits per heavy atom. The molecular weight excluding hydrogens is 1240 g/mol. The van der Waals surface area contributed by atoms with Crippen LogP contribution in [0.3, 0.4) is 0 Å². The summed E-state index contributed by atoms with van der Waals surface area (Å²) < 4.78 is 68.8. The number of nitrogens with zero attached hydrogens (tertiary/aromatic N) is 2. The lowest BCUT2D eigenvalue weighted by molar-refractivity contribution is -0.331. The first-order valence-corrected chi connectivity index (χ1v) is 35.7. The standard InChI is InChI=1S/C73H103F2N5O16/c1-6-44-30-49(36-59(69(44)96-72-40(3)64(85)65(86)41(4)91-72)94-73-62(76-42(5)82)70(68(89)61(38-81)95-73)93-60(71(90)79-27-14-28-79)29-43-15-8-7-9-16-43)55(83)21-10-11-22-56(84)50-34-53(47-25-24-46(31-47)45-17-12-19-51(74)32-45)66(87)58(35-50)92-57-26-23-39(2)63(67(57)88)80-37-54(77-78-80)48-18-13-20-52(75)33-48/h12-13,17-20,24-25,31-33,37,39-41,43-44,47,49-50,53,57-70,72-73,77-78,81,85-89H,6-11,14-16,21-23,26-30,34-36,38H2,1-5H3,(H,76,82)/t39-,40-,41?,44?,47?,49?,50?,53?,57+,58+,59+,60-,61?,62?,63?,64?,65+,66?,67+,68+,69-,70+,72-,73+/m0/s1. The van der Waals surface area contributed by atoms with Gasteiger partial charge in [-0.15, -0.1) is 5.53 Å². The van der Waals surface area contributed by atoms with Crippen LogP contribution in [-0.2, 0) is 47.6 Å². The summed E-state index contributed by atoms with van der Waals surface area (Å²) in [4.78, 5) is 58.7. The van der Waals surface area contributed by atoms with E-state index in [1.54, 1.807) is 48.2 Å². The first kappa shape index (κ1) is 72.1. The molecular formula is C73H103F2N5O16. The van der Waals surface area contributed by atoms with Crippen LogP contribution in [0, 0.1) is 59.0 Å². The van der Waals surface area contributed by atoms with Crippen molar-refractivity contribution in [2.75, 3.05) is 19.7 Å². The van der Waals surface area contributed by atoms with E-state index < -0.39 is 140 Å². The number of unbranched alkanes of at least 4 members (excludes halogenated alkanes) is 1. The number of carbonyl (C=O) groups is 4. The van der Waals surface area contributed by atoms with E-state index in [0.717, 1.165) is 44.1 Å². The van der Waals surface area contributed by atoms with Crippen molar-refractivity contribution in [3.05, 3.63) is 95.7 Å². The molecule has 9 aliphatic rings. The van der Waals surface area contributed by atoms with Crippen LogP contribution in [0.2, 0.25) is 0 Å². The number of hydrogen-bond donors (Lipinski definition) is 9. The van der Waals surface area contributed by atoms with E-state index in [1.807, 2.05) is 38.1 Å². The molecule has 4 heterocycles. The first-order chi connectivity index (χ1) is 46.2. The smallest absolute Gasteiger partial charge is 0.251 e. The van der Waals surface area contributed by atoms with Crippen molar-refractivity contribution in [1.29, 1.82) is 0 Å². The summed E-state index contributed by atoms with van der Waals surface area (Å²) in [5, 5.41) is 74.0. The fourth-order valence-electron chi connectivity index (χ4n) is 16.7. The van der Waals surface area contributed by atoms with Gasteiger partial charge in [0.05, 0.1) is 61.1 Å². The molecule has 9 N–H and O–H groups in total. The maximum absolute atomic E-state index is 14.8. The molecule has 530 valence electrons. The summed E-state index contributed by atoms with van der Waals surface area (Å²) in [7, 11) is 0. The highest BCUT2D eigenvalue weighted by Gasteiger charge is 2.54. The number of rotatable bonds is 25. The predicted molar refractivity (Wildman–Crippen MR) is 349 cm³/mol. The van der Waals surface area contributed by atoms with Crippen LogP contribution in [0.1, 0.15) is 161 Å². The number of allylic oxidation sites excluding steroid dienone is 4. The summed E-state index contributed by atoms with van der Waals surface area (Å²) in [5.41, 5.74) is 8.96. The van der Waals surface area contributed by atoms with Crippen molar-refractivity contribution >= 4 is 34.7 Å². The number of nitrogens with one attached hydrogen (secondary N) is 3. The lowest BCUT2D eigenvalue weighted by Gasteiger charge is -2.49. The predicted octanol–water partition coefficient (Wildman–Crippen LogP) is 6.71. The van der Waals surface area contributed by atoms with Crippen LogP contribution in [0.5, 0.6) is 0 Å². The van der Waals surface area contributed by atoms with Crippen LogP contribution < -0.4 is 16.3 Å². The van der Waals surface area contributed by atoms with Crippen molar-refractivity contribution in [2.24, 2.45) is 47.3 Å². The number of ketones is 2. The number of benzene rings is 2. The molecule has 0 spiro atoms. The van der Waals surface area contributed by atoms with Gasteiger partial charge < -0.3 is 74.7 Å². The third-order valence-corrected chi connectivity index (χ3v) is 22.5.